The maximum atomic E-state index is 13.1. The van der Waals surface area contributed by atoms with Gasteiger partial charge in [0.2, 0.25) is 0 Å². The normalized spacial score (nSPS) is 28.6. The summed E-state index contributed by atoms with van der Waals surface area (Å²) in [5.41, 5.74) is 8.27. The lowest BCUT2D eigenvalue weighted by atomic mass is 9.67. The molecule has 3 N–H and O–H groups in total. The average molecular weight is 339 g/mol. The maximum absolute atomic E-state index is 13.1. The zero-order valence-electron chi connectivity index (χ0n) is 14.6. The van der Waals surface area contributed by atoms with E-state index in [9.17, 15) is 4.79 Å². The SMILES string of the molecule is Cc1onc(-c2ccccc2)c1C(=O)NC1C2CCCC1CC(N)C2. The van der Waals surface area contributed by atoms with Crippen LogP contribution in [0.25, 0.3) is 11.3 Å². The molecule has 2 atom stereocenters. The van der Waals surface area contributed by atoms with E-state index >= 15 is 0 Å². The van der Waals surface area contributed by atoms with E-state index in [0.29, 0.717) is 28.9 Å². The van der Waals surface area contributed by atoms with Crippen molar-refractivity contribution in [2.45, 2.75) is 51.1 Å². The van der Waals surface area contributed by atoms with Gasteiger partial charge < -0.3 is 15.6 Å². The van der Waals surface area contributed by atoms with Gasteiger partial charge in [-0.05, 0) is 44.4 Å². The summed E-state index contributed by atoms with van der Waals surface area (Å²) in [7, 11) is 0. The Balaban J connectivity index is 1.59. The summed E-state index contributed by atoms with van der Waals surface area (Å²) in [6.07, 6.45) is 5.58. The lowest BCUT2D eigenvalue weighted by molar-refractivity contribution is 0.0755. The van der Waals surface area contributed by atoms with Crippen LogP contribution in [0.1, 0.15) is 48.2 Å². The zero-order chi connectivity index (χ0) is 17.4. The average Bonchev–Trinajstić information content (AvgIpc) is 2.98. The molecular weight excluding hydrogens is 314 g/mol. The van der Waals surface area contributed by atoms with E-state index in [1.165, 1.54) is 6.42 Å². The Hall–Kier alpha value is -2.14. The van der Waals surface area contributed by atoms with Crippen molar-refractivity contribution in [1.82, 2.24) is 10.5 Å². The molecule has 2 fully saturated rings. The van der Waals surface area contributed by atoms with Crippen LogP contribution in [0.2, 0.25) is 0 Å². The number of nitrogens with zero attached hydrogens (tertiary/aromatic N) is 1. The number of nitrogens with one attached hydrogen (secondary N) is 1. The Morgan fingerprint density at radius 1 is 1.20 bits per heavy atom. The van der Waals surface area contributed by atoms with E-state index in [4.69, 9.17) is 10.3 Å². The number of aryl methyl sites for hydroxylation is 1. The van der Waals surface area contributed by atoms with Gasteiger partial charge >= 0.3 is 0 Å². The van der Waals surface area contributed by atoms with Crippen molar-refractivity contribution < 1.29 is 9.32 Å². The first kappa shape index (κ1) is 16.3. The molecule has 2 saturated carbocycles. The number of amides is 1. The fourth-order valence-electron chi connectivity index (χ4n) is 4.68. The molecule has 4 rings (SSSR count). The van der Waals surface area contributed by atoms with Crippen molar-refractivity contribution >= 4 is 5.91 Å². The highest BCUT2D eigenvalue weighted by Crippen LogP contribution is 2.40. The van der Waals surface area contributed by atoms with Gasteiger partial charge in [-0.25, -0.2) is 0 Å². The fraction of sp³-hybridized carbons (Fsp3) is 0.500. The molecule has 1 heterocycles. The van der Waals surface area contributed by atoms with E-state index in [1.54, 1.807) is 6.92 Å². The van der Waals surface area contributed by atoms with Crippen LogP contribution in [0.5, 0.6) is 0 Å². The summed E-state index contributed by atoms with van der Waals surface area (Å²) < 4.78 is 5.34. The summed E-state index contributed by atoms with van der Waals surface area (Å²) in [6, 6.07) is 10.2. The van der Waals surface area contributed by atoms with Crippen LogP contribution >= 0.6 is 0 Å². The summed E-state index contributed by atoms with van der Waals surface area (Å²) in [5, 5.41) is 7.43. The number of benzene rings is 1. The number of carbonyl (C=O) groups excluding carboxylic acids is 1. The molecule has 2 aliphatic rings. The molecule has 1 aromatic carbocycles. The topological polar surface area (TPSA) is 81.2 Å². The number of carbonyl (C=O) groups is 1. The van der Waals surface area contributed by atoms with E-state index in [2.05, 4.69) is 10.5 Å². The minimum Gasteiger partial charge on any atom is -0.360 e. The molecule has 0 radical (unpaired) electrons. The van der Waals surface area contributed by atoms with Gasteiger partial charge in [0.25, 0.3) is 5.91 Å². The van der Waals surface area contributed by atoms with Crippen molar-refractivity contribution in [3.63, 3.8) is 0 Å². The maximum Gasteiger partial charge on any atom is 0.257 e. The second-order valence-corrected chi connectivity index (χ2v) is 7.51. The van der Waals surface area contributed by atoms with Gasteiger partial charge in [-0.1, -0.05) is 41.9 Å². The van der Waals surface area contributed by atoms with Gasteiger partial charge in [-0.2, -0.15) is 0 Å². The van der Waals surface area contributed by atoms with Crippen LogP contribution in [0.4, 0.5) is 0 Å². The zero-order valence-corrected chi connectivity index (χ0v) is 14.6. The van der Waals surface area contributed by atoms with Crippen LogP contribution in [0, 0.1) is 18.8 Å². The molecular formula is C20H25N3O2. The van der Waals surface area contributed by atoms with Gasteiger partial charge in [0.05, 0.1) is 0 Å². The molecule has 5 nitrogen and oxygen atoms in total. The van der Waals surface area contributed by atoms with Crippen molar-refractivity contribution in [1.29, 1.82) is 0 Å². The Kier molecular flexibility index (Phi) is 4.34. The molecule has 1 aromatic heterocycles. The highest BCUT2D eigenvalue weighted by Gasteiger charge is 2.40. The monoisotopic (exact) mass is 339 g/mol. The molecule has 25 heavy (non-hydrogen) atoms. The number of rotatable bonds is 3. The van der Waals surface area contributed by atoms with E-state index < -0.39 is 0 Å². The van der Waals surface area contributed by atoms with Gasteiger partial charge in [0.15, 0.2) is 0 Å². The van der Waals surface area contributed by atoms with Gasteiger partial charge in [0.1, 0.15) is 17.0 Å². The third-order valence-corrected chi connectivity index (χ3v) is 5.81. The molecule has 5 heteroatoms. The number of aromatic nitrogens is 1. The predicted octanol–water partition coefficient (Wildman–Crippen LogP) is 3.29. The Morgan fingerprint density at radius 3 is 2.56 bits per heavy atom. The highest BCUT2D eigenvalue weighted by molar-refractivity contribution is 6.01. The number of hydrogen-bond acceptors (Lipinski definition) is 4. The number of hydrogen-bond donors (Lipinski definition) is 2. The third kappa shape index (κ3) is 3.09. The van der Waals surface area contributed by atoms with Crippen LogP contribution in [0.3, 0.4) is 0 Å². The first-order chi connectivity index (χ1) is 12.1. The smallest absolute Gasteiger partial charge is 0.257 e. The number of nitrogens with two attached hydrogens (primary N) is 1. The quantitative estimate of drug-likeness (QED) is 0.899. The summed E-state index contributed by atoms with van der Waals surface area (Å²) >= 11 is 0. The molecule has 2 aliphatic carbocycles. The van der Waals surface area contributed by atoms with Crippen LogP contribution < -0.4 is 11.1 Å². The summed E-state index contributed by atoms with van der Waals surface area (Å²) in [6.45, 7) is 1.80. The van der Waals surface area contributed by atoms with Crippen LogP contribution in [-0.2, 0) is 0 Å². The molecule has 0 spiro atoms. The molecule has 2 bridgehead atoms. The second kappa shape index (κ2) is 6.64. The largest absolute Gasteiger partial charge is 0.360 e. The standard InChI is InChI=1S/C20H25N3O2/c1-12-17(19(23-25-12)13-6-3-2-4-7-13)20(24)22-18-14-8-5-9-15(18)11-16(21)10-14/h2-4,6-7,14-16,18H,5,8-11,21H2,1H3,(H,22,24). The molecule has 0 saturated heterocycles. The van der Waals surface area contributed by atoms with Gasteiger partial charge in [-0.3, -0.25) is 4.79 Å². The molecule has 2 aromatic rings. The van der Waals surface area contributed by atoms with Crippen molar-refractivity contribution in [2.24, 2.45) is 17.6 Å². The second-order valence-electron chi connectivity index (χ2n) is 7.51. The van der Waals surface area contributed by atoms with E-state index in [-0.39, 0.29) is 18.0 Å². The number of fused-ring (bicyclic) bond motifs is 2. The lowest BCUT2D eigenvalue weighted by Gasteiger charge is -2.45. The van der Waals surface area contributed by atoms with E-state index in [1.807, 2.05) is 30.3 Å². The van der Waals surface area contributed by atoms with Crippen LogP contribution in [0.15, 0.2) is 34.9 Å². The molecule has 0 aliphatic heterocycles. The lowest BCUT2D eigenvalue weighted by Crippen LogP contribution is -2.53. The summed E-state index contributed by atoms with van der Waals surface area (Å²) in [5.74, 6) is 1.47. The molecule has 1 amide bonds. The molecule has 132 valence electrons. The Labute approximate surface area is 148 Å². The van der Waals surface area contributed by atoms with Crippen molar-refractivity contribution in [3.8, 4) is 11.3 Å². The fourth-order valence-corrected chi connectivity index (χ4v) is 4.68. The summed E-state index contributed by atoms with van der Waals surface area (Å²) in [4.78, 5) is 13.1. The van der Waals surface area contributed by atoms with Gasteiger partial charge in [0, 0.05) is 17.6 Å². The first-order valence-corrected chi connectivity index (χ1v) is 9.21. The van der Waals surface area contributed by atoms with Crippen molar-refractivity contribution in [2.75, 3.05) is 0 Å². The molecule has 2 unspecified atom stereocenters. The van der Waals surface area contributed by atoms with Crippen LogP contribution in [-0.4, -0.2) is 23.1 Å². The van der Waals surface area contributed by atoms with Gasteiger partial charge in [-0.15, -0.1) is 0 Å². The highest BCUT2D eigenvalue weighted by atomic mass is 16.5. The Morgan fingerprint density at radius 2 is 1.88 bits per heavy atom. The minimum absolute atomic E-state index is 0.0741. The third-order valence-electron chi connectivity index (χ3n) is 5.81. The van der Waals surface area contributed by atoms with E-state index in [0.717, 1.165) is 31.2 Å². The first-order valence-electron chi connectivity index (χ1n) is 9.21. The van der Waals surface area contributed by atoms with Crippen molar-refractivity contribution in [3.05, 3.63) is 41.7 Å². The predicted molar refractivity (Wildman–Crippen MR) is 96.0 cm³/mol. The Bertz CT molecular complexity index is 742. The minimum atomic E-state index is -0.0741.